The standard InChI is InChI=1S/C22H12BrFN2O3/c23-13-6-4-12(5-7-13)19-18-20(27)15-11-14(24)8-9-16(15)29-21(18)22(28)26(19)17-3-1-2-10-25-17/h1-11,19H. The maximum Gasteiger partial charge on any atom is 0.296 e. The van der Waals surface area contributed by atoms with Gasteiger partial charge >= 0.3 is 0 Å². The topological polar surface area (TPSA) is 63.4 Å². The lowest BCUT2D eigenvalue weighted by molar-refractivity contribution is 0.0970. The van der Waals surface area contributed by atoms with Gasteiger partial charge in [0.1, 0.15) is 17.2 Å². The third kappa shape index (κ3) is 2.77. The fourth-order valence-corrected chi connectivity index (χ4v) is 3.90. The molecule has 0 saturated heterocycles. The molecule has 0 saturated carbocycles. The van der Waals surface area contributed by atoms with Gasteiger partial charge in [-0.1, -0.05) is 34.1 Å². The molecule has 3 heterocycles. The zero-order valence-electron chi connectivity index (χ0n) is 14.8. The Bertz CT molecular complexity index is 1320. The van der Waals surface area contributed by atoms with Crippen LogP contribution >= 0.6 is 15.9 Å². The van der Waals surface area contributed by atoms with Crippen LogP contribution in [-0.4, -0.2) is 10.9 Å². The van der Waals surface area contributed by atoms with Gasteiger partial charge in [0.05, 0.1) is 17.0 Å². The Kier molecular flexibility index (Phi) is 4.06. The molecule has 0 radical (unpaired) electrons. The highest BCUT2D eigenvalue weighted by Gasteiger charge is 2.44. The molecular weight excluding hydrogens is 439 g/mol. The van der Waals surface area contributed by atoms with Crippen LogP contribution in [0.1, 0.15) is 27.7 Å². The van der Waals surface area contributed by atoms with Gasteiger partial charge < -0.3 is 4.42 Å². The Morgan fingerprint density at radius 1 is 1.03 bits per heavy atom. The number of aromatic nitrogens is 1. The van der Waals surface area contributed by atoms with Crippen LogP contribution in [0.15, 0.2) is 80.5 Å². The smallest absolute Gasteiger partial charge is 0.296 e. The molecule has 5 nitrogen and oxygen atoms in total. The molecule has 1 atom stereocenters. The molecule has 1 unspecified atom stereocenters. The van der Waals surface area contributed by atoms with Crippen LogP contribution in [0.25, 0.3) is 11.0 Å². The molecule has 29 heavy (non-hydrogen) atoms. The molecular formula is C22H12BrFN2O3. The average molecular weight is 451 g/mol. The predicted octanol–water partition coefficient (Wildman–Crippen LogP) is 4.84. The summed E-state index contributed by atoms with van der Waals surface area (Å²) in [4.78, 5) is 32.3. The number of nitrogens with zero attached hydrogens (tertiary/aromatic N) is 2. The third-order valence-electron chi connectivity index (χ3n) is 4.91. The van der Waals surface area contributed by atoms with Crippen molar-refractivity contribution in [1.82, 2.24) is 4.98 Å². The first-order valence-corrected chi connectivity index (χ1v) is 9.60. The normalized spacial score (nSPS) is 15.7. The molecule has 0 fully saturated rings. The summed E-state index contributed by atoms with van der Waals surface area (Å²) in [6, 6.07) is 15.5. The number of rotatable bonds is 2. The first-order chi connectivity index (χ1) is 14.0. The van der Waals surface area contributed by atoms with Gasteiger partial charge in [0.25, 0.3) is 5.91 Å². The van der Waals surface area contributed by atoms with Crippen molar-refractivity contribution in [1.29, 1.82) is 0 Å². The molecule has 0 aliphatic carbocycles. The minimum Gasteiger partial charge on any atom is -0.450 e. The molecule has 0 N–H and O–H groups in total. The van der Waals surface area contributed by atoms with Crippen LogP contribution in [0, 0.1) is 5.82 Å². The van der Waals surface area contributed by atoms with Crippen LogP contribution in [0.5, 0.6) is 0 Å². The van der Waals surface area contributed by atoms with Crippen LogP contribution < -0.4 is 10.3 Å². The summed E-state index contributed by atoms with van der Waals surface area (Å²) in [5.41, 5.74) is 0.636. The minimum absolute atomic E-state index is 0.0484. The van der Waals surface area contributed by atoms with Crippen molar-refractivity contribution in [3.8, 4) is 0 Å². The Hall–Kier alpha value is -3.32. The van der Waals surface area contributed by atoms with Gasteiger partial charge in [-0.25, -0.2) is 9.37 Å². The summed E-state index contributed by atoms with van der Waals surface area (Å²) in [6.45, 7) is 0. The van der Waals surface area contributed by atoms with Gasteiger partial charge in [-0.3, -0.25) is 14.5 Å². The Morgan fingerprint density at radius 3 is 2.55 bits per heavy atom. The first-order valence-electron chi connectivity index (χ1n) is 8.81. The van der Waals surface area contributed by atoms with Gasteiger partial charge in [0, 0.05) is 10.7 Å². The summed E-state index contributed by atoms with van der Waals surface area (Å²) < 4.78 is 20.4. The van der Waals surface area contributed by atoms with Gasteiger partial charge in [-0.15, -0.1) is 0 Å². The average Bonchev–Trinajstić information content (AvgIpc) is 3.03. The van der Waals surface area contributed by atoms with Crippen molar-refractivity contribution < 1.29 is 13.6 Å². The summed E-state index contributed by atoms with van der Waals surface area (Å²) in [5, 5.41) is 0.0986. The Labute approximate surface area is 172 Å². The minimum atomic E-state index is -0.732. The summed E-state index contributed by atoms with van der Waals surface area (Å²) in [5.74, 6) is -0.662. The molecule has 5 rings (SSSR count). The number of amides is 1. The van der Waals surface area contributed by atoms with E-state index in [0.29, 0.717) is 11.4 Å². The van der Waals surface area contributed by atoms with E-state index in [1.54, 1.807) is 24.4 Å². The Morgan fingerprint density at radius 2 is 1.83 bits per heavy atom. The van der Waals surface area contributed by atoms with Crippen LogP contribution in [0.4, 0.5) is 10.2 Å². The second-order valence-corrected chi connectivity index (χ2v) is 7.55. The number of carbonyl (C=O) groups excluding carboxylic acids is 1. The van der Waals surface area contributed by atoms with E-state index in [-0.39, 0.29) is 22.3 Å². The second-order valence-electron chi connectivity index (χ2n) is 6.63. The monoisotopic (exact) mass is 450 g/mol. The maximum atomic E-state index is 13.8. The number of carbonyl (C=O) groups is 1. The lowest BCUT2D eigenvalue weighted by atomic mass is 9.98. The highest BCUT2D eigenvalue weighted by atomic mass is 79.9. The summed E-state index contributed by atoms with van der Waals surface area (Å²) >= 11 is 3.40. The maximum absolute atomic E-state index is 13.8. The van der Waals surface area contributed by atoms with Crippen molar-refractivity contribution in [3.63, 3.8) is 0 Å². The number of hydrogen-bond acceptors (Lipinski definition) is 4. The van der Waals surface area contributed by atoms with Gasteiger partial charge in [-0.05, 0) is 48.0 Å². The number of pyridine rings is 1. The van der Waals surface area contributed by atoms with E-state index in [2.05, 4.69) is 20.9 Å². The van der Waals surface area contributed by atoms with E-state index in [4.69, 9.17) is 4.42 Å². The lowest BCUT2D eigenvalue weighted by Gasteiger charge is -2.24. The molecule has 2 aromatic heterocycles. The van der Waals surface area contributed by atoms with Crippen molar-refractivity contribution in [2.24, 2.45) is 0 Å². The number of anilines is 1. The van der Waals surface area contributed by atoms with E-state index >= 15 is 0 Å². The second kappa shape index (κ2) is 6.63. The van der Waals surface area contributed by atoms with Gasteiger partial charge in [0.2, 0.25) is 5.76 Å². The zero-order valence-corrected chi connectivity index (χ0v) is 16.4. The van der Waals surface area contributed by atoms with Crippen LogP contribution in [0.2, 0.25) is 0 Å². The van der Waals surface area contributed by atoms with E-state index in [1.165, 1.54) is 17.0 Å². The predicted molar refractivity (Wildman–Crippen MR) is 109 cm³/mol. The van der Waals surface area contributed by atoms with E-state index in [9.17, 15) is 14.0 Å². The zero-order chi connectivity index (χ0) is 20.1. The molecule has 1 amide bonds. The number of halogens is 2. The molecule has 142 valence electrons. The van der Waals surface area contributed by atoms with Crippen molar-refractivity contribution in [3.05, 3.63) is 104 Å². The van der Waals surface area contributed by atoms with Crippen molar-refractivity contribution >= 4 is 38.6 Å². The quantitative estimate of drug-likeness (QED) is 0.438. The highest BCUT2D eigenvalue weighted by molar-refractivity contribution is 9.10. The largest absolute Gasteiger partial charge is 0.450 e. The molecule has 0 bridgehead atoms. The molecule has 1 aliphatic heterocycles. The van der Waals surface area contributed by atoms with Crippen molar-refractivity contribution in [2.45, 2.75) is 6.04 Å². The number of benzene rings is 2. The molecule has 1 aliphatic rings. The third-order valence-corrected chi connectivity index (χ3v) is 5.44. The summed E-state index contributed by atoms with van der Waals surface area (Å²) in [7, 11) is 0. The van der Waals surface area contributed by atoms with Crippen LogP contribution in [0.3, 0.4) is 0 Å². The van der Waals surface area contributed by atoms with Crippen molar-refractivity contribution in [2.75, 3.05) is 4.90 Å². The SMILES string of the molecule is O=C1c2oc3ccc(F)cc3c(=O)c2C(c2ccc(Br)cc2)N1c1ccccn1. The molecule has 4 aromatic rings. The molecule has 7 heteroatoms. The van der Waals surface area contributed by atoms with E-state index in [0.717, 1.165) is 10.5 Å². The van der Waals surface area contributed by atoms with Gasteiger partial charge in [0.15, 0.2) is 5.43 Å². The highest BCUT2D eigenvalue weighted by Crippen LogP contribution is 2.40. The van der Waals surface area contributed by atoms with E-state index < -0.39 is 23.2 Å². The van der Waals surface area contributed by atoms with Gasteiger partial charge in [-0.2, -0.15) is 0 Å². The number of hydrogen-bond donors (Lipinski definition) is 0. The van der Waals surface area contributed by atoms with E-state index in [1.807, 2.05) is 24.3 Å². The molecule has 0 spiro atoms. The van der Waals surface area contributed by atoms with Crippen LogP contribution in [-0.2, 0) is 0 Å². The lowest BCUT2D eigenvalue weighted by Crippen LogP contribution is -2.30. The first kappa shape index (κ1) is 17.8. The fourth-order valence-electron chi connectivity index (χ4n) is 3.64. The Balaban J connectivity index is 1.83. The molecule has 2 aromatic carbocycles. The number of fused-ring (bicyclic) bond motifs is 2. The summed E-state index contributed by atoms with van der Waals surface area (Å²) in [6.07, 6.45) is 1.57. The fraction of sp³-hybridized carbons (Fsp3) is 0.0455.